The van der Waals surface area contributed by atoms with Gasteiger partial charge in [0.05, 0.1) is 5.60 Å². The molecule has 1 unspecified atom stereocenters. The van der Waals surface area contributed by atoms with Crippen molar-refractivity contribution < 1.29 is 14.9 Å². The highest BCUT2D eigenvalue weighted by Gasteiger charge is 2.33. The fourth-order valence-corrected chi connectivity index (χ4v) is 3.83. The molecule has 0 heterocycles. The normalized spacial score (nSPS) is 13.9. The lowest BCUT2D eigenvalue weighted by atomic mass is 9.76. The Bertz CT molecular complexity index is 679. The lowest BCUT2D eigenvalue weighted by Crippen LogP contribution is -2.36. The first-order chi connectivity index (χ1) is 13.4. The first kappa shape index (κ1) is 22.4. The molecule has 0 fully saturated rings. The van der Waals surface area contributed by atoms with Crippen molar-refractivity contribution in [3.8, 4) is 5.75 Å². The zero-order valence-electron chi connectivity index (χ0n) is 17.7. The van der Waals surface area contributed by atoms with Gasteiger partial charge in [-0.25, -0.2) is 0 Å². The van der Waals surface area contributed by atoms with Gasteiger partial charge in [-0.2, -0.15) is 0 Å². The Morgan fingerprint density at radius 2 is 1.57 bits per heavy atom. The van der Waals surface area contributed by atoms with E-state index >= 15 is 0 Å². The third-order valence-electron chi connectivity index (χ3n) is 5.23. The molecule has 0 bridgehead atoms. The molecule has 3 nitrogen and oxygen atoms in total. The Morgan fingerprint density at radius 3 is 2.18 bits per heavy atom. The number of ether oxygens (including phenoxy) is 1. The molecule has 2 N–H and O–H groups in total. The molecule has 2 aromatic carbocycles. The first-order valence-electron chi connectivity index (χ1n) is 10.4. The van der Waals surface area contributed by atoms with Crippen molar-refractivity contribution in [2.75, 3.05) is 6.61 Å². The van der Waals surface area contributed by atoms with Gasteiger partial charge in [-0.1, -0.05) is 69.7 Å². The van der Waals surface area contributed by atoms with Gasteiger partial charge >= 0.3 is 0 Å². The van der Waals surface area contributed by atoms with Crippen molar-refractivity contribution in [2.45, 2.75) is 71.5 Å². The van der Waals surface area contributed by atoms with E-state index in [1.807, 2.05) is 44.2 Å². The number of hydrogen-bond donors (Lipinski definition) is 2. The Hall–Kier alpha value is -1.84. The number of hydrogen-bond acceptors (Lipinski definition) is 3. The highest BCUT2D eigenvalue weighted by atomic mass is 16.5. The van der Waals surface area contributed by atoms with Crippen LogP contribution in [0.4, 0.5) is 0 Å². The van der Waals surface area contributed by atoms with Gasteiger partial charge in [0.25, 0.3) is 0 Å². The largest absolute Gasteiger partial charge is 0.489 e. The molecule has 0 aliphatic heterocycles. The Kier molecular flexibility index (Phi) is 8.53. The lowest BCUT2D eigenvalue weighted by Gasteiger charge is -2.35. The maximum absolute atomic E-state index is 11.0. The molecule has 0 saturated heterocycles. The highest BCUT2D eigenvalue weighted by Crippen LogP contribution is 2.34. The lowest BCUT2D eigenvalue weighted by molar-refractivity contribution is -0.0319. The molecule has 2 rings (SSSR count). The van der Waals surface area contributed by atoms with E-state index in [0.29, 0.717) is 13.0 Å². The minimum Gasteiger partial charge on any atom is -0.489 e. The zero-order valence-corrected chi connectivity index (χ0v) is 17.7. The van der Waals surface area contributed by atoms with E-state index in [0.717, 1.165) is 43.4 Å². The Balaban J connectivity index is 1.82. The van der Waals surface area contributed by atoms with Gasteiger partial charge in [0.1, 0.15) is 12.4 Å². The summed E-state index contributed by atoms with van der Waals surface area (Å²) < 4.78 is 5.84. The predicted molar refractivity (Wildman–Crippen MR) is 115 cm³/mol. The van der Waals surface area contributed by atoms with Crippen molar-refractivity contribution in [1.82, 2.24) is 0 Å². The van der Waals surface area contributed by atoms with Crippen LogP contribution in [0.25, 0.3) is 0 Å². The van der Waals surface area contributed by atoms with Gasteiger partial charge in [-0.15, -0.1) is 0 Å². The Labute approximate surface area is 170 Å². The summed E-state index contributed by atoms with van der Waals surface area (Å²) in [6.45, 7) is 6.81. The summed E-state index contributed by atoms with van der Waals surface area (Å²) in [5.41, 5.74) is 1.47. The van der Waals surface area contributed by atoms with Gasteiger partial charge in [0.2, 0.25) is 0 Å². The second-order valence-corrected chi connectivity index (χ2v) is 8.75. The second kappa shape index (κ2) is 10.6. The maximum Gasteiger partial charge on any atom is 0.119 e. The number of aryl methyl sites for hydroxylation is 1. The van der Waals surface area contributed by atoms with Gasteiger partial charge in [0.15, 0.2) is 0 Å². The van der Waals surface area contributed by atoms with Crippen molar-refractivity contribution in [1.29, 1.82) is 0 Å². The molecule has 154 valence electrons. The van der Waals surface area contributed by atoms with Crippen molar-refractivity contribution >= 4 is 0 Å². The zero-order chi connectivity index (χ0) is 20.5. The van der Waals surface area contributed by atoms with Crippen LogP contribution in [0, 0.1) is 5.41 Å². The second-order valence-electron chi connectivity index (χ2n) is 8.75. The van der Waals surface area contributed by atoms with Crippen LogP contribution in [0.1, 0.15) is 64.0 Å². The third kappa shape index (κ3) is 7.65. The van der Waals surface area contributed by atoms with E-state index in [2.05, 4.69) is 31.2 Å². The highest BCUT2D eigenvalue weighted by molar-refractivity contribution is 5.28. The summed E-state index contributed by atoms with van der Waals surface area (Å²) in [4.78, 5) is 0. The number of aliphatic hydroxyl groups excluding tert-OH is 1. The molecule has 3 heteroatoms. The summed E-state index contributed by atoms with van der Waals surface area (Å²) >= 11 is 0. The topological polar surface area (TPSA) is 49.7 Å². The molecular weight excluding hydrogens is 348 g/mol. The molecule has 1 atom stereocenters. The summed E-state index contributed by atoms with van der Waals surface area (Å²) in [6, 6.07) is 18.4. The molecule has 28 heavy (non-hydrogen) atoms. The van der Waals surface area contributed by atoms with Crippen LogP contribution in [-0.4, -0.2) is 22.4 Å². The van der Waals surface area contributed by atoms with Crippen molar-refractivity contribution in [3.63, 3.8) is 0 Å². The van der Waals surface area contributed by atoms with Crippen LogP contribution in [0.2, 0.25) is 0 Å². The average molecular weight is 385 g/mol. The van der Waals surface area contributed by atoms with Crippen molar-refractivity contribution in [2.24, 2.45) is 5.41 Å². The van der Waals surface area contributed by atoms with Crippen LogP contribution in [0.15, 0.2) is 54.6 Å². The summed E-state index contributed by atoms with van der Waals surface area (Å²) in [6.07, 6.45) is 4.99. The van der Waals surface area contributed by atoms with Crippen molar-refractivity contribution in [3.05, 3.63) is 65.7 Å². The van der Waals surface area contributed by atoms with E-state index in [1.165, 1.54) is 5.56 Å². The first-order valence-corrected chi connectivity index (χ1v) is 10.4. The van der Waals surface area contributed by atoms with E-state index in [-0.39, 0.29) is 12.0 Å². The van der Waals surface area contributed by atoms with Gasteiger partial charge in [-0.05, 0) is 60.8 Å². The van der Waals surface area contributed by atoms with Crippen LogP contribution in [0.3, 0.4) is 0 Å². The number of rotatable bonds is 12. The molecule has 0 aromatic heterocycles. The van der Waals surface area contributed by atoms with E-state index in [1.54, 1.807) is 0 Å². The van der Waals surface area contributed by atoms with Crippen LogP contribution in [0.5, 0.6) is 5.75 Å². The molecule has 2 aromatic rings. The molecule has 0 aliphatic carbocycles. The van der Waals surface area contributed by atoms with Crippen LogP contribution in [-0.2, 0) is 13.0 Å². The van der Waals surface area contributed by atoms with Crippen LogP contribution < -0.4 is 4.74 Å². The van der Waals surface area contributed by atoms with E-state index in [4.69, 9.17) is 4.74 Å². The SMILES string of the molecule is CCCC(O)(CCCc1ccc(OCc2ccccc2)cc1)CC(C)(C)CO. The molecule has 0 amide bonds. The van der Waals surface area contributed by atoms with Gasteiger partial charge in [0, 0.05) is 6.61 Å². The smallest absolute Gasteiger partial charge is 0.119 e. The average Bonchev–Trinajstić information content (AvgIpc) is 2.68. The molecule has 0 aliphatic rings. The molecular formula is C25H36O3. The monoisotopic (exact) mass is 384 g/mol. The summed E-state index contributed by atoms with van der Waals surface area (Å²) in [5.74, 6) is 0.875. The fraction of sp³-hybridized carbons (Fsp3) is 0.520. The third-order valence-corrected chi connectivity index (χ3v) is 5.23. The minimum atomic E-state index is -0.695. The molecule has 0 radical (unpaired) electrons. The minimum absolute atomic E-state index is 0.101. The van der Waals surface area contributed by atoms with E-state index < -0.39 is 5.60 Å². The molecule has 0 saturated carbocycles. The predicted octanol–water partition coefficient (Wildman–Crippen LogP) is 5.53. The summed E-state index contributed by atoms with van der Waals surface area (Å²) in [7, 11) is 0. The van der Waals surface area contributed by atoms with Gasteiger partial charge in [-0.3, -0.25) is 0 Å². The maximum atomic E-state index is 11.0. The fourth-order valence-electron chi connectivity index (χ4n) is 3.83. The Morgan fingerprint density at radius 1 is 0.893 bits per heavy atom. The standard InChI is InChI=1S/C25H36O3/c1-4-16-25(27,19-24(2,3)20-26)17-8-11-21-12-14-23(15-13-21)28-18-22-9-6-5-7-10-22/h5-7,9-10,12-15,26-27H,4,8,11,16-20H2,1-3H3. The van der Waals surface area contributed by atoms with E-state index in [9.17, 15) is 10.2 Å². The van der Waals surface area contributed by atoms with Crippen LogP contribution >= 0.6 is 0 Å². The number of aliphatic hydroxyl groups is 2. The quantitative estimate of drug-likeness (QED) is 0.506. The number of benzene rings is 2. The van der Waals surface area contributed by atoms with Gasteiger partial charge < -0.3 is 14.9 Å². The molecule has 0 spiro atoms. The summed E-state index contributed by atoms with van der Waals surface area (Å²) in [5, 5.41) is 20.6.